The summed E-state index contributed by atoms with van der Waals surface area (Å²) in [6.07, 6.45) is 7.24. The van der Waals surface area contributed by atoms with E-state index in [1.807, 2.05) is 11.1 Å². The molecule has 0 radical (unpaired) electrons. The molecule has 0 aliphatic heterocycles. The third kappa shape index (κ3) is 2.62. The van der Waals surface area contributed by atoms with Gasteiger partial charge in [0.2, 0.25) is 0 Å². The minimum atomic E-state index is 0.851. The highest BCUT2D eigenvalue weighted by atomic mass is 14.5. The predicted octanol–water partition coefficient (Wildman–Crippen LogP) is 6.32. The quantitative estimate of drug-likeness (QED) is 0.495. The van der Waals surface area contributed by atoms with Gasteiger partial charge in [0, 0.05) is 0 Å². The van der Waals surface area contributed by atoms with Crippen molar-refractivity contribution in [2.24, 2.45) is 47.3 Å². The lowest BCUT2D eigenvalue weighted by atomic mass is 9.49. The fourth-order valence-electron chi connectivity index (χ4n) is 6.24. The second-order valence-electron chi connectivity index (χ2n) is 9.18. The molecule has 0 aromatic carbocycles. The second kappa shape index (κ2) is 5.74. The number of rotatable bonds is 1. The Kier molecular flexibility index (Phi) is 4.27. The Bertz CT molecular complexity index is 416. The number of hydrogen-bond donors (Lipinski definition) is 0. The number of fused-ring (bicyclic) bond motifs is 1. The van der Waals surface area contributed by atoms with Crippen LogP contribution in [0.3, 0.4) is 0 Å². The van der Waals surface area contributed by atoms with E-state index in [1.54, 1.807) is 0 Å². The van der Waals surface area contributed by atoms with Gasteiger partial charge in [-0.15, -0.1) is 0 Å². The highest BCUT2D eigenvalue weighted by molar-refractivity contribution is 5.26. The van der Waals surface area contributed by atoms with Crippen LogP contribution in [-0.4, -0.2) is 0 Å². The molecule has 3 saturated carbocycles. The summed E-state index contributed by atoms with van der Waals surface area (Å²) in [5.74, 6) is 7.52. The molecule has 21 heavy (non-hydrogen) atoms. The van der Waals surface area contributed by atoms with Gasteiger partial charge in [-0.3, -0.25) is 0 Å². The lowest BCUT2D eigenvalue weighted by Crippen LogP contribution is -2.49. The predicted molar refractivity (Wildman–Crippen MR) is 92.1 cm³/mol. The highest BCUT2D eigenvalue weighted by Crippen LogP contribution is 2.57. The lowest BCUT2D eigenvalue weighted by Gasteiger charge is -2.56. The second-order valence-corrected chi connectivity index (χ2v) is 9.18. The molecule has 7 atom stereocenters. The average Bonchev–Trinajstić information content (AvgIpc) is 2.38. The van der Waals surface area contributed by atoms with Gasteiger partial charge in [0.05, 0.1) is 0 Å². The molecule has 7 unspecified atom stereocenters. The van der Waals surface area contributed by atoms with Crippen molar-refractivity contribution in [2.45, 2.75) is 73.6 Å². The van der Waals surface area contributed by atoms with Crippen molar-refractivity contribution >= 4 is 0 Å². The summed E-state index contributed by atoms with van der Waals surface area (Å²) in [6.45, 7) is 15.0. The third-order valence-electron chi connectivity index (χ3n) is 7.43. The molecule has 3 rings (SSSR count). The molecule has 3 aliphatic rings. The number of allylic oxidation sites excluding steroid dienone is 2. The summed E-state index contributed by atoms with van der Waals surface area (Å²) in [5.41, 5.74) is 3.78. The SMILES string of the molecule is CC1CC(C)C(=C2CCC2C)CC2C(C)C(C(C)C)C2C1. The molecule has 0 aromatic heterocycles. The van der Waals surface area contributed by atoms with Crippen LogP contribution in [0.4, 0.5) is 0 Å². The highest BCUT2D eigenvalue weighted by Gasteiger charge is 2.50. The monoisotopic (exact) mass is 288 g/mol. The first-order valence-electron chi connectivity index (χ1n) is 9.61. The molecule has 0 heterocycles. The summed E-state index contributed by atoms with van der Waals surface area (Å²) in [6, 6.07) is 0. The molecule has 0 bridgehead atoms. The van der Waals surface area contributed by atoms with Gasteiger partial charge in [0.1, 0.15) is 0 Å². The van der Waals surface area contributed by atoms with Crippen LogP contribution in [0.2, 0.25) is 0 Å². The average molecular weight is 289 g/mol. The van der Waals surface area contributed by atoms with E-state index in [0.29, 0.717) is 0 Å². The topological polar surface area (TPSA) is 0 Å². The van der Waals surface area contributed by atoms with E-state index in [2.05, 4.69) is 41.5 Å². The van der Waals surface area contributed by atoms with E-state index in [9.17, 15) is 0 Å². The number of hydrogen-bond acceptors (Lipinski definition) is 0. The van der Waals surface area contributed by atoms with Gasteiger partial charge in [-0.05, 0) is 79.4 Å². The van der Waals surface area contributed by atoms with Crippen molar-refractivity contribution in [2.75, 3.05) is 0 Å². The summed E-state index contributed by atoms with van der Waals surface area (Å²) >= 11 is 0. The fraction of sp³-hybridized carbons (Fsp3) is 0.905. The van der Waals surface area contributed by atoms with Crippen LogP contribution in [0.15, 0.2) is 11.1 Å². The Morgan fingerprint density at radius 1 is 0.857 bits per heavy atom. The zero-order valence-corrected chi connectivity index (χ0v) is 15.2. The van der Waals surface area contributed by atoms with Crippen molar-refractivity contribution in [3.8, 4) is 0 Å². The van der Waals surface area contributed by atoms with Crippen molar-refractivity contribution in [1.29, 1.82) is 0 Å². The van der Waals surface area contributed by atoms with Gasteiger partial charge in [0.25, 0.3) is 0 Å². The van der Waals surface area contributed by atoms with E-state index < -0.39 is 0 Å². The molecule has 120 valence electrons. The van der Waals surface area contributed by atoms with E-state index in [4.69, 9.17) is 0 Å². The van der Waals surface area contributed by atoms with Crippen LogP contribution in [0, 0.1) is 47.3 Å². The molecule has 3 fully saturated rings. The zero-order valence-electron chi connectivity index (χ0n) is 15.2. The Morgan fingerprint density at radius 2 is 1.57 bits per heavy atom. The van der Waals surface area contributed by atoms with Gasteiger partial charge in [-0.25, -0.2) is 0 Å². The largest absolute Gasteiger partial charge is 0.0679 e. The molecule has 0 nitrogen and oxygen atoms in total. The minimum Gasteiger partial charge on any atom is -0.0679 e. The van der Waals surface area contributed by atoms with E-state index >= 15 is 0 Å². The van der Waals surface area contributed by atoms with Gasteiger partial charge in [-0.2, -0.15) is 0 Å². The Hall–Kier alpha value is -0.260. The van der Waals surface area contributed by atoms with Crippen LogP contribution in [0.1, 0.15) is 73.6 Å². The van der Waals surface area contributed by atoms with E-state index in [1.165, 1.54) is 32.1 Å². The third-order valence-corrected chi connectivity index (χ3v) is 7.43. The van der Waals surface area contributed by atoms with Crippen molar-refractivity contribution in [1.82, 2.24) is 0 Å². The first-order valence-corrected chi connectivity index (χ1v) is 9.61. The standard InChI is InChI=1S/C21H36/c1-12(2)21-16(6)19-11-18(17-8-7-14(17)4)15(5)9-13(3)10-20(19)21/h12-16,19-21H,7-11H2,1-6H3. The molecule has 0 aromatic rings. The molecule has 0 amide bonds. The van der Waals surface area contributed by atoms with Crippen molar-refractivity contribution < 1.29 is 0 Å². The van der Waals surface area contributed by atoms with Crippen molar-refractivity contribution in [3.63, 3.8) is 0 Å². The maximum absolute atomic E-state index is 2.55. The molecular weight excluding hydrogens is 252 g/mol. The van der Waals surface area contributed by atoms with E-state index in [0.717, 1.165) is 47.3 Å². The maximum Gasteiger partial charge on any atom is -0.0226 e. The van der Waals surface area contributed by atoms with E-state index in [-0.39, 0.29) is 0 Å². The maximum atomic E-state index is 2.55. The molecular formula is C21H36. The molecule has 0 heteroatoms. The normalized spacial score (nSPS) is 50.7. The summed E-state index contributed by atoms with van der Waals surface area (Å²) in [5, 5.41) is 0. The van der Waals surface area contributed by atoms with Gasteiger partial charge >= 0.3 is 0 Å². The molecule has 0 N–H and O–H groups in total. The van der Waals surface area contributed by atoms with Crippen LogP contribution < -0.4 is 0 Å². The lowest BCUT2D eigenvalue weighted by molar-refractivity contribution is -0.0596. The van der Waals surface area contributed by atoms with Crippen LogP contribution in [-0.2, 0) is 0 Å². The summed E-state index contributed by atoms with van der Waals surface area (Å²) < 4.78 is 0. The first kappa shape index (κ1) is 15.6. The van der Waals surface area contributed by atoms with Crippen LogP contribution in [0.5, 0.6) is 0 Å². The fourth-order valence-corrected chi connectivity index (χ4v) is 6.24. The summed E-state index contributed by atoms with van der Waals surface area (Å²) in [7, 11) is 0. The van der Waals surface area contributed by atoms with Gasteiger partial charge < -0.3 is 0 Å². The summed E-state index contributed by atoms with van der Waals surface area (Å²) in [4.78, 5) is 0. The molecule has 3 aliphatic carbocycles. The van der Waals surface area contributed by atoms with Gasteiger partial charge in [-0.1, -0.05) is 52.7 Å². The Labute approximate surface area is 132 Å². The molecule has 0 spiro atoms. The smallest absolute Gasteiger partial charge is 0.0226 e. The zero-order chi connectivity index (χ0) is 15.3. The molecule has 0 saturated heterocycles. The Morgan fingerprint density at radius 3 is 2.10 bits per heavy atom. The minimum absolute atomic E-state index is 0.851. The van der Waals surface area contributed by atoms with Crippen molar-refractivity contribution in [3.05, 3.63) is 11.1 Å². The first-order chi connectivity index (χ1) is 9.90. The van der Waals surface area contributed by atoms with Gasteiger partial charge in [0.15, 0.2) is 0 Å². The van der Waals surface area contributed by atoms with Crippen LogP contribution in [0.25, 0.3) is 0 Å². The van der Waals surface area contributed by atoms with Crippen LogP contribution >= 0.6 is 0 Å². The Balaban J connectivity index is 1.85.